The Hall–Kier alpha value is -3.46. The highest BCUT2D eigenvalue weighted by atomic mass is 35.5. The van der Waals surface area contributed by atoms with Crippen molar-refractivity contribution in [2.75, 3.05) is 54.1 Å². The van der Waals surface area contributed by atoms with Crippen LogP contribution in [0.25, 0.3) is 0 Å². The zero-order valence-electron chi connectivity index (χ0n) is 25.4. The Bertz CT molecular complexity index is 1480. The summed E-state index contributed by atoms with van der Waals surface area (Å²) < 4.78 is 16.4. The molecule has 8 nitrogen and oxygen atoms in total. The molecule has 0 unspecified atom stereocenters. The number of methoxy groups -OCH3 is 3. The number of hydrogen-bond acceptors (Lipinski definition) is 6. The van der Waals surface area contributed by atoms with E-state index in [-0.39, 0.29) is 29.1 Å². The van der Waals surface area contributed by atoms with E-state index in [0.717, 1.165) is 43.5 Å². The third-order valence-corrected chi connectivity index (χ3v) is 10.0. The summed E-state index contributed by atoms with van der Waals surface area (Å²) in [5.74, 6) is 0.722. The Balaban J connectivity index is 1.38. The van der Waals surface area contributed by atoms with E-state index in [0.29, 0.717) is 52.5 Å². The van der Waals surface area contributed by atoms with Gasteiger partial charge in [0.2, 0.25) is 11.7 Å². The largest absolute Gasteiger partial charge is 0.493 e. The summed E-state index contributed by atoms with van der Waals surface area (Å²) in [6.45, 7) is 3.27. The van der Waals surface area contributed by atoms with Crippen molar-refractivity contribution >= 4 is 35.0 Å². The van der Waals surface area contributed by atoms with Gasteiger partial charge in [0.15, 0.2) is 11.5 Å². The molecule has 2 fully saturated rings. The predicted octanol–water partition coefficient (Wildman–Crippen LogP) is 5.78. The van der Waals surface area contributed by atoms with E-state index in [2.05, 4.69) is 17.0 Å². The second kappa shape index (κ2) is 13.7. The lowest BCUT2D eigenvalue weighted by Gasteiger charge is -2.39. The summed E-state index contributed by atoms with van der Waals surface area (Å²) in [5.41, 5.74) is 8.22. The number of nitrogens with zero attached hydrogens (tertiary/aromatic N) is 2. The number of hydrogen-bond donors (Lipinski definition) is 1. The normalized spacial score (nSPS) is 22.1. The third-order valence-electron chi connectivity index (χ3n) is 9.28. The van der Waals surface area contributed by atoms with Crippen LogP contribution in [0.2, 0.25) is 10.0 Å². The fourth-order valence-electron chi connectivity index (χ4n) is 6.83. The van der Waals surface area contributed by atoms with Crippen LogP contribution < -0.4 is 19.9 Å². The first-order valence-electron chi connectivity index (χ1n) is 14.8. The van der Waals surface area contributed by atoms with Crippen LogP contribution in [0.1, 0.15) is 46.7 Å². The van der Waals surface area contributed by atoms with Gasteiger partial charge in [-0.3, -0.25) is 9.59 Å². The number of amides is 2. The highest BCUT2D eigenvalue weighted by Gasteiger charge is 2.43. The minimum atomic E-state index is -0.358. The molecule has 2 aliphatic heterocycles. The molecule has 2 saturated heterocycles. The zero-order valence-corrected chi connectivity index (χ0v) is 26.9. The lowest BCUT2D eigenvalue weighted by atomic mass is 9.76. The van der Waals surface area contributed by atoms with E-state index in [1.54, 1.807) is 12.1 Å². The molecule has 2 heterocycles. The maximum atomic E-state index is 13.9. The zero-order chi connectivity index (χ0) is 31.4. The van der Waals surface area contributed by atoms with Crippen molar-refractivity contribution in [3.8, 4) is 17.2 Å². The van der Waals surface area contributed by atoms with Gasteiger partial charge in [-0.25, -0.2) is 0 Å². The number of nitrogens with two attached hydrogens (primary N) is 1. The van der Waals surface area contributed by atoms with Gasteiger partial charge in [-0.1, -0.05) is 59.6 Å². The number of likely N-dealkylation sites (tertiary alicyclic amines) is 2. The highest BCUT2D eigenvalue weighted by molar-refractivity contribution is 6.42. The summed E-state index contributed by atoms with van der Waals surface area (Å²) in [4.78, 5) is 30.7. The number of ether oxygens (including phenoxy) is 3. The molecular formula is C34H39Cl2N3O5. The van der Waals surface area contributed by atoms with Gasteiger partial charge in [-0.15, -0.1) is 0 Å². The quantitative estimate of drug-likeness (QED) is 0.302. The molecule has 2 N–H and O–H groups in total. The molecule has 234 valence electrons. The molecule has 0 bridgehead atoms. The van der Waals surface area contributed by atoms with Crippen LogP contribution in [0.3, 0.4) is 0 Å². The van der Waals surface area contributed by atoms with Crippen molar-refractivity contribution in [2.24, 2.45) is 11.7 Å². The lowest BCUT2D eigenvalue weighted by molar-refractivity contribution is -0.124. The Kier molecular flexibility index (Phi) is 9.93. The maximum Gasteiger partial charge on any atom is 0.254 e. The number of halogens is 2. The average Bonchev–Trinajstić information content (AvgIpc) is 3.49. The number of carbonyl (C=O) groups excluding carboxylic acids is 2. The number of benzene rings is 3. The SMILES string of the molecule is COc1cc(C(=O)N2CC[C@](CCN3CC[C@H](c4ccccc4)[C@@H](C(N)=O)C3)(c3ccc(Cl)c(Cl)c3)C2)cc(OC)c1OC. The van der Waals surface area contributed by atoms with Crippen LogP contribution in [0.15, 0.2) is 60.7 Å². The topological polar surface area (TPSA) is 94.3 Å². The van der Waals surface area contributed by atoms with Gasteiger partial charge < -0.3 is 29.7 Å². The second-order valence-electron chi connectivity index (χ2n) is 11.7. The molecule has 3 atom stereocenters. The van der Waals surface area contributed by atoms with Crippen LogP contribution in [0.5, 0.6) is 17.2 Å². The molecular weight excluding hydrogens is 601 g/mol. The summed E-state index contributed by atoms with van der Waals surface area (Å²) in [6.07, 6.45) is 2.37. The smallest absolute Gasteiger partial charge is 0.254 e. The van der Waals surface area contributed by atoms with Crippen molar-refractivity contribution in [2.45, 2.75) is 30.6 Å². The van der Waals surface area contributed by atoms with Crippen LogP contribution in [0.4, 0.5) is 0 Å². The fourth-order valence-corrected chi connectivity index (χ4v) is 7.12. The Morgan fingerprint density at radius 3 is 2.25 bits per heavy atom. The van der Waals surface area contributed by atoms with E-state index in [1.807, 2.05) is 41.3 Å². The molecule has 10 heteroatoms. The molecule has 0 aromatic heterocycles. The molecule has 44 heavy (non-hydrogen) atoms. The summed E-state index contributed by atoms with van der Waals surface area (Å²) >= 11 is 12.8. The van der Waals surface area contributed by atoms with Gasteiger partial charge in [-0.2, -0.15) is 0 Å². The molecule has 0 radical (unpaired) electrons. The van der Waals surface area contributed by atoms with Gasteiger partial charge in [0.1, 0.15) is 0 Å². The first kappa shape index (κ1) is 31.9. The van der Waals surface area contributed by atoms with Crippen molar-refractivity contribution in [3.63, 3.8) is 0 Å². The van der Waals surface area contributed by atoms with Crippen molar-refractivity contribution in [1.82, 2.24) is 9.80 Å². The fraction of sp³-hybridized carbons (Fsp3) is 0.412. The first-order chi connectivity index (χ1) is 21.2. The van der Waals surface area contributed by atoms with Gasteiger partial charge in [-0.05, 0) is 73.7 Å². The van der Waals surface area contributed by atoms with E-state index < -0.39 is 0 Å². The van der Waals surface area contributed by atoms with E-state index >= 15 is 0 Å². The number of piperidine rings is 1. The highest BCUT2D eigenvalue weighted by Crippen LogP contribution is 2.43. The Morgan fingerprint density at radius 1 is 0.932 bits per heavy atom. The summed E-state index contributed by atoms with van der Waals surface area (Å²) in [5, 5.41) is 0.969. The molecule has 3 aromatic rings. The van der Waals surface area contributed by atoms with E-state index in [9.17, 15) is 9.59 Å². The van der Waals surface area contributed by atoms with Crippen LogP contribution >= 0.6 is 23.2 Å². The van der Waals surface area contributed by atoms with E-state index in [4.69, 9.17) is 43.1 Å². The Labute approximate surface area is 269 Å². The number of carbonyl (C=O) groups is 2. The van der Waals surface area contributed by atoms with Crippen molar-refractivity contribution in [3.05, 3.63) is 87.4 Å². The van der Waals surface area contributed by atoms with Crippen molar-refractivity contribution in [1.29, 1.82) is 0 Å². The predicted molar refractivity (Wildman–Crippen MR) is 172 cm³/mol. The summed E-state index contributed by atoms with van der Waals surface area (Å²) in [6, 6.07) is 19.3. The monoisotopic (exact) mass is 639 g/mol. The van der Waals surface area contributed by atoms with Gasteiger partial charge in [0.05, 0.1) is 37.3 Å². The molecule has 5 rings (SSSR count). The van der Waals surface area contributed by atoms with Gasteiger partial charge in [0.25, 0.3) is 5.91 Å². The van der Waals surface area contributed by atoms with Crippen LogP contribution in [0, 0.1) is 5.92 Å². The van der Waals surface area contributed by atoms with Gasteiger partial charge >= 0.3 is 0 Å². The maximum absolute atomic E-state index is 13.9. The van der Waals surface area contributed by atoms with Crippen LogP contribution in [-0.4, -0.2) is 75.7 Å². The second-order valence-corrected chi connectivity index (χ2v) is 12.5. The number of rotatable bonds is 10. The number of primary amides is 1. The average molecular weight is 641 g/mol. The van der Waals surface area contributed by atoms with Gasteiger partial charge in [0, 0.05) is 30.6 Å². The van der Waals surface area contributed by atoms with E-state index in [1.165, 1.54) is 21.3 Å². The van der Waals surface area contributed by atoms with Crippen molar-refractivity contribution < 1.29 is 23.8 Å². The third kappa shape index (κ3) is 6.48. The minimum absolute atomic E-state index is 0.104. The molecule has 0 spiro atoms. The van der Waals surface area contributed by atoms with Crippen LogP contribution in [-0.2, 0) is 10.2 Å². The molecule has 0 saturated carbocycles. The Morgan fingerprint density at radius 2 is 1.64 bits per heavy atom. The summed E-state index contributed by atoms with van der Waals surface area (Å²) in [7, 11) is 4.59. The minimum Gasteiger partial charge on any atom is -0.493 e. The lowest BCUT2D eigenvalue weighted by Crippen LogP contribution is -2.46. The molecule has 2 aliphatic rings. The molecule has 2 amide bonds. The molecule has 3 aromatic carbocycles. The standard InChI is InChI=1S/C34H39Cl2N3O5/c1-42-29-17-23(18-30(43-2)31(29)44-3)33(41)39-16-13-34(21-39,24-9-10-27(35)28(36)19-24)12-15-38-14-11-25(26(20-38)32(37)40)22-7-5-4-6-8-22/h4-10,17-19,25-26H,11-16,20-21H2,1-3H3,(H2,37,40)/t25-,26+,34+/m1/s1. The first-order valence-corrected chi connectivity index (χ1v) is 15.6. The molecule has 0 aliphatic carbocycles.